The highest BCUT2D eigenvalue weighted by atomic mass is 35.5. The molecule has 1 heterocycles. The normalized spacial score (nSPS) is 27.0. The molecule has 0 saturated carbocycles. The Morgan fingerprint density at radius 3 is 2.56 bits per heavy atom. The Labute approximate surface area is 159 Å². The Kier molecular flexibility index (Phi) is 7.79. The highest BCUT2D eigenvalue weighted by Crippen LogP contribution is 2.46. The van der Waals surface area contributed by atoms with Gasteiger partial charge < -0.3 is 10.1 Å². The largest absolute Gasteiger partial charge is 0.375 e. The molecule has 0 spiro atoms. The van der Waals surface area contributed by atoms with Crippen molar-refractivity contribution in [3.8, 4) is 0 Å². The topological polar surface area (TPSA) is 21.3 Å². The summed E-state index contributed by atoms with van der Waals surface area (Å²) in [5, 5.41) is 4.45. The van der Waals surface area contributed by atoms with Crippen LogP contribution in [-0.4, -0.2) is 18.8 Å². The molecule has 2 atom stereocenters. The van der Waals surface area contributed by atoms with Crippen LogP contribution in [0, 0.1) is 11.3 Å². The molecule has 0 radical (unpaired) electrons. The molecule has 1 saturated heterocycles. The quantitative estimate of drug-likeness (QED) is 0.524. The summed E-state index contributed by atoms with van der Waals surface area (Å²) >= 11 is 5.96. The van der Waals surface area contributed by atoms with Crippen molar-refractivity contribution in [1.29, 1.82) is 0 Å². The number of hydrogen-bond acceptors (Lipinski definition) is 2. The molecule has 1 N–H and O–H groups in total. The van der Waals surface area contributed by atoms with Crippen LogP contribution in [0.4, 0.5) is 0 Å². The lowest BCUT2D eigenvalue weighted by Crippen LogP contribution is -2.44. The predicted octanol–water partition coefficient (Wildman–Crippen LogP) is 6.22. The maximum atomic E-state index is 6.13. The molecule has 0 aliphatic carbocycles. The summed E-state index contributed by atoms with van der Waals surface area (Å²) in [6.07, 6.45) is 7.40. The molecule has 2 unspecified atom stereocenters. The smallest absolute Gasteiger partial charge is 0.0657 e. The Morgan fingerprint density at radius 1 is 1.20 bits per heavy atom. The van der Waals surface area contributed by atoms with Gasteiger partial charge in [0, 0.05) is 18.2 Å². The first kappa shape index (κ1) is 20.7. The van der Waals surface area contributed by atoms with E-state index in [1.807, 2.05) is 12.1 Å². The van der Waals surface area contributed by atoms with E-state index in [0.29, 0.717) is 5.41 Å². The molecule has 2 rings (SSSR count). The van der Waals surface area contributed by atoms with Crippen molar-refractivity contribution in [3.05, 3.63) is 34.9 Å². The van der Waals surface area contributed by atoms with Gasteiger partial charge in [0.05, 0.1) is 5.60 Å². The van der Waals surface area contributed by atoms with Crippen molar-refractivity contribution in [1.82, 2.24) is 5.32 Å². The fourth-order valence-electron chi connectivity index (χ4n) is 4.01. The Bertz CT molecular complexity index is 515. The molecular formula is C22H36ClNO. The van der Waals surface area contributed by atoms with Crippen LogP contribution in [0.25, 0.3) is 0 Å². The summed E-state index contributed by atoms with van der Waals surface area (Å²) in [6.45, 7) is 12.1. The van der Waals surface area contributed by atoms with Gasteiger partial charge in [-0.25, -0.2) is 0 Å². The molecule has 1 aliphatic rings. The summed E-state index contributed by atoms with van der Waals surface area (Å²) < 4.78 is 6.13. The van der Waals surface area contributed by atoms with E-state index in [4.69, 9.17) is 16.3 Å². The van der Waals surface area contributed by atoms with Gasteiger partial charge in [0.25, 0.3) is 0 Å². The van der Waals surface area contributed by atoms with Crippen molar-refractivity contribution in [3.63, 3.8) is 0 Å². The lowest BCUT2D eigenvalue weighted by molar-refractivity contribution is -0.122. The molecule has 2 nitrogen and oxygen atoms in total. The van der Waals surface area contributed by atoms with Gasteiger partial charge in [0.2, 0.25) is 0 Å². The first-order chi connectivity index (χ1) is 11.9. The third kappa shape index (κ3) is 6.58. The highest BCUT2D eigenvalue weighted by Gasteiger charge is 2.41. The van der Waals surface area contributed by atoms with Crippen LogP contribution < -0.4 is 5.32 Å². The number of nitrogens with one attached hydrogen (secondary N) is 1. The van der Waals surface area contributed by atoms with Gasteiger partial charge in [-0.1, -0.05) is 50.9 Å². The van der Waals surface area contributed by atoms with E-state index >= 15 is 0 Å². The van der Waals surface area contributed by atoms with E-state index in [1.54, 1.807) is 0 Å². The number of rotatable bonds is 9. The third-order valence-electron chi connectivity index (χ3n) is 5.91. The first-order valence-electron chi connectivity index (χ1n) is 9.96. The minimum atomic E-state index is 0.0609. The molecule has 25 heavy (non-hydrogen) atoms. The summed E-state index contributed by atoms with van der Waals surface area (Å²) in [6, 6.07) is 8.14. The zero-order valence-corrected chi connectivity index (χ0v) is 17.3. The van der Waals surface area contributed by atoms with E-state index in [1.165, 1.54) is 37.7 Å². The van der Waals surface area contributed by atoms with E-state index in [-0.39, 0.29) is 5.60 Å². The fourth-order valence-corrected chi connectivity index (χ4v) is 4.13. The van der Waals surface area contributed by atoms with Gasteiger partial charge in [-0.05, 0) is 74.6 Å². The maximum Gasteiger partial charge on any atom is 0.0657 e. The van der Waals surface area contributed by atoms with Gasteiger partial charge >= 0.3 is 0 Å². The third-order valence-corrected chi connectivity index (χ3v) is 6.16. The van der Waals surface area contributed by atoms with Gasteiger partial charge in [0.1, 0.15) is 0 Å². The van der Waals surface area contributed by atoms with Crippen molar-refractivity contribution in [2.24, 2.45) is 11.3 Å². The van der Waals surface area contributed by atoms with E-state index in [0.717, 1.165) is 37.1 Å². The summed E-state index contributed by atoms with van der Waals surface area (Å²) in [5.74, 6) is 0.773. The molecule has 142 valence electrons. The first-order valence-corrected chi connectivity index (χ1v) is 10.3. The standard InChI is InChI=1S/C22H36ClNO/c1-5-21(4)17-22(13-15-25-21,11-10-18(2)3)12-14-24-16-19-6-8-20(23)9-7-19/h6-9,18,24H,5,10-17H2,1-4H3. The lowest BCUT2D eigenvalue weighted by Gasteiger charge is -2.47. The van der Waals surface area contributed by atoms with Crippen molar-refractivity contribution in [2.45, 2.75) is 78.4 Å². The second kappa shape index (κ2) is 9.39. The molecule has 1 aromatic carbocycles. The molecule has 1 aromatic rings. The Hall–Kier alpha value is -0.570. The van der Waals surface area contributed by atoms with Crippen LogP contribution >= 0.6 is 11.6 Å². The number of ether oxygens (including phenoxy) is 1. The zero-order chi connectivity index (χ0) is 18.3. The minimum Gasteiger partial charge on any atom is -0.375 e. The van der Waals surface area contributed by atoms with E-state index in [9.17, 15) is 0 Å². The number of halogens is 1. The molecule has 1 fully saturated rings. The molecule has 1 aliphatic heterocycles. The van der Waals surface area contributed by atoms with Crippen molar-refractivity contribution in [2.75, 3.05) is 13.2 Å². The van der Waals surface area contributed by atoms with Crippen molar-refractivity contribution < 1.29 is 4.74 Å². The van der Waals surface area contributed by atoms with Crippen molar-refractivity contribution >= 4 is 11.6 Å². The van der Waals surface area contributed by atoms with Gasteiger partial charge in [0.15, 0.2) is 0 Å². The molecule has 0 aromatic heterocycles. The molecular weight excluding hydrogens is 330 g/mol. The Balaban J connectivity index is 1.90. The average Bonchev–Trinajstić information content (AvgIpc) is 2.59. The number of benzene rings is 1. The van der Waals surface area contributed by atoms with E-state index in [2.05, 4.69) is 45.1 Å². The van der Waals surface area contributed by atoms with Crippen LogP contribution in [-0.2, 0) is 11.3 Å². The van der Waals surface area contributed by atoms with Crippen LogP contribution in [0.2, 0.25) is 5.02 Å². The lowest BCUT2D eigenvalue weighted by atomic mass is 9.67. The van der Waals surface area contributed by atoms with Gasteiger partial charge in [-0.3, -0.25) is 0 Å². The van der Waals surface area contributed by atoms with Crippen LogP contribution in [0.5, 0.6) is 0 Å². The van der Waals surface area contributed by atoms with Crippen LogP contribution in [0.15, 0.2) is 24.3 Å². The number of hydrogen-bond donors (Lipinski definition) is 1. The average molecular weight is 366 g/mol. The van der Waals surface area contributed by atoms with E-state index < -0.39 is 0 Å². The SMILES string of the molecule is CCC1(C)CC(CCNCc2ccc(Cl)cc2)(CCC(C)C)CCO1. The summed E-state index contributed by atoms with van der Waals surface area (Å²) in [7, 11) is 0. The van der Waals surface area contributed by atoms with Crippen LogP contribution in [0.1, 0.15) is 71.8 Å². The maximum absolute atomic E-state index is 6.13. The summed E-state index contributed by atoms with van der Waals surface area (Å²) in [5.41, 5.74) is 1.79. The van der Waals surface area contributed by atoms with Gasteiger partial charge in [-0.2, -0.15) is 0 Å². The Morgan fingerprint density at radius 2 is 1.92 bits per heavy atom. The minimum absolute atomic E-state index is 0.0609. The second-order valence-corrected chi connectivity index (χ2v) is 9.00. The predicted molar refractivity (Wildman–Crippen MR) is 108 cm³/mol. The molecule has 3 heteroatoms. The summed E-state index contributed by atoms with van der Waals surface area (Å²) in [4.78, 5) is 0. The monoisotopic (exact) mass is 365 g/mol. The second-order valence-electron chi connectivity index (χ2n) is 8.56. The fraction of sp³-hybridized carbons (Fsp3) is 0.727. The zero-order valence-electron chi connectivity index (χ0n) is 16.5. The highest BCUT2D eigenvalue weighted by molar-refractivity contribution is 6.30. The molecule has 0 amide bonds. The van der Waals surface area contributed by atoms with Gasteiger partial charge in [-0.15, -0.1) is 0 Å². The molecule has 0 bridgehead atoms. The van der Waals surface area contributed by atoms with Crippen LogP contribution in [0.3, 0.4) is 0 Å².